The predicted octanol–water partition coefficient (Wildman–Crippen LogP) is 1.80. The van der Waals surface area contributed by atoms with Gasteiger partial charge in [0.05, 0.1) is 10.6 Å². The van der Waals surface area contributed by atoms with E-state index in [1.807, 2.05) is 0 Å². The molecule has 4 N–H and O–H groups in total. The minimum Gasteiger partial charge on any atom is -0.366 e. The standard InChI is InChI=1S/C16H17ClN4O4S/c17-13-4-3-10(7-12(13)15(18)22)20-26(24,25)11-8-14(19-9-11)16(23)21-5-1-2-6-21/h3-4,7-9,19-20H,1-2,5-6H2,(H2,18,22). The maximum atomic E-state index is 12.5. The number of likely N-dealkylation sites (tertiary alicyclic amines) is 1. The molecule has 0 bridgehead atoms. The average molecular weight is 397 g/mol. The summed E-state index contributed by atoms with van der Waals surface area (Å²) < 4.78 is 27.4. The van der Waals surface area contributed by atoms with E-state index in [-0.39, 0.29) is 32.8 Å². The highest BCUT2D eigenvalue weighted by atomic mass is 35.5. The van der Waals surface area contributed by atoms with Crippen LogP contribution in [-0.2, 0) is 10.0 Å². The lowest BCUT2D eigenvalue weighted by molar-refractivity contribution is 0.0787. The van der Waals surface area contributed by atoms with Gasteiger partial charge in [-0.2, -0.15) is 0 Å². The van der Waals surface area contributed by atoms with Crippen molar-refractivity contribution in [2.45, 2.75) is 17.7 Å². The molecule has 138 valence electrons. The third kappa shape index (κ3) is 3.68. The zero-order valence-electron chi connectivity index (χ0n) is 13.7. The lowest BCUT2D eigenvalue weighted by Crippen LogP contribution is -2.27. The van der Waals surface area contributed by atoms with Gasteiger partial charge in [0.1, 0.15) is 10.6 Å². The van der Waals surface area contributed by atoms with E-state index in [1.54, 1.807) is 4.90 Å². The van der Waals surface area contributed by atoms with Gasteiger partial charge < -0.3 is 15.6 Å². The van der Waals surface area contributed by atoms with Crippen LogP contribution in [-0.4, -0.2) is 43.2 Å². The van der Waals surface area contributed by atoms with E-state index in [0.29, 0.717) is 13.1 Å². The number of carbonyl (C=O) groups excluding carboxylic acids is 2. The summed E-state index contributed by atoms with van der Waals surface area (Å²) in [7, 11) is -3.95. The molecule has 0 spiro atoms. The van der Waals surface area contributed by atoms with Crippen LogP contribution in [0.25, 0.3) is 0 Å². The molecule has 8 nitrogen and oxygen atoms in total. The lowest BCUT2D eigenvalue weighted by atomic mass is 10.2. The molecule has 0 aliphatic carbocycles. The number of rotatable bonds is 5. The molecule has 3 rings (SSSR count). The normalized spacial score (nSPS) is 14.4. The van der Waals surface area contributed by atoms with Gasteiger partial charge in [-0.25, -0.2) is 8.42 Å². The Morgan fingerprint density at radius 2 is 1.88 bits per heavy atom. The van der Waals surface area contributed by atoms with Crippen LogP contribution >= 0.6 is 11.6 Å². The van der Waals surface area contributed by atoms with E-state index in [9.17, 15) is 18.0 Å². The van der Waals surface area contributed by atoms with Crippen molar-refractivity contribution in [2.24, 2.45) is 5.73 Å². The van der Waals surface area contributed by atoms with Gasteiger partial charge in [-0.3, -0.25) is 14.3 Å². The van der Waals surface area contributed by atoms with Gasteiger partial charge in [0.25, 0.3) is 15.9 Å². The number of H-pyrrole nitrogens is 1. The number of nitrogens with two attached hydrogens (primary N) is 1. The topological polar surface area (TPSA) is 125 Å². The Balaban J connectivity index is 1.82. The molecule has 2 amide bonds. The van der Waals surface area contributed by atoms with E-state index in [4.69, 9.17) is 17.3 Å². The second-order valence-electron chi connectivity index (χ2n) is 5.91. The van der Waals surface area contributed by atoms with Crippen LogP contribution < -0.4 is 10.5 Å². The van der Waals surface area contributed by atoms with Gasteiger partial charge in [0, 0.05) is 25.0 Å². The summed E-state index contributed by atoms with van der Waals surface area (Å²) in [4.78, 5) is 27.9. The zero-order valence-corrected chi connectivity index (χ0v) is 15.2. The third-order valence-electron chi connectivity index (χ3n) is 4.07. The maximum absolute atomic E-state index is 12.5. The maximum Gasteiger partial charge on any atom is 0.270 e. The minimum atomic E-state index is -3.95. The van der Waals surface area contributed by atoms with Crippen molar-refractivity contribution in [3.63, 3.8) is 0 Å². The Kier molecular flexibility index (Phi) is 4.92. The van der Waals surface area contributed by atoms with E-state index >= 15 is 0 Å². The first-order valence-electron chi connectivity index (χ1n) is 7.88. The summed E-state index contributed by atoms with van der Waals surface area (Å²) in [6.45, 7) is 1.33. The van der Waals surface area contributed by atoms with Crippen molar-refractivity contribution in [3.05, 3.63) is 46.7 Å². The molecule has 0 atom stereocenters. The number of sulfonamides is 1. The number of aromatic amines is 1. The number of amides is 2. The molecule has 10 heteroatoms. The van der Waals surface area contributed by atoms with E-state index in [0.717, 1.165) is 12.8 Å². The molecule has 1 aliphatic rings. The SMILES string of the molecule is NC(=O)c1cc(NS(=O)(=O)c2c[nH]c(C(=O)N3CCCC3)c2)ccc1Cl. The quantitative estimate of drug-likeness (QED) is 0.712. The van der Waals surface area contributed by atoms with Crippen molar-refractivity contribution < 1.29 is 18.0 Å². The lowest BCUT2D eigenvalue weighted by Gasteiger charge is -2.13. The van der Waals surface area contributed by atoms with Crippen LogP contribution in [0.2, 0.25) is 5.02 Å². The molecular weight excluding hydrogens is 380 g/mol. The molecule has 1 saturated heterocycles. The molecule has 2 aromatic rings. The Morgan fingerprint density at radius 1 is 1.19 bits per heavy atom. The van der Waals surface area contributed by atoms with Gasteiger partial charge in [-0.1, -0.05) is 11.6 Å². The van der Waals surface area contributed by atoms with Crippen LogP contribution in [0.3, 0.4) is 0 Å². The van der Waals surface area contributed by atoms with Crippen LogP contribution in [0.1, 0.15) is 33.7 Å². The van der Waals surface area contributed by atoms with Crippen molar-refractivity contribution in [1.29, 1.82) is 0 Å². The van der Waals surface area contributed by atoms with Crippen molar-refractivity contribution in [3.8, 4) is 0 Å². The second kappa shape index (κ2) is 7.00. The summed E-state index contributed by atoms with van der Waals surface area (Å²) in [6.07, 6.45) is 3.13. The van der Waals surface area contributed by atoms with Gasteiger partial charge in [0.15, 0.2) is 0 Å². The first kappa shape index (κ1) is 18.3. The molecule has 0 radical (unpaired) electrons. The minimum absolute atomic E-state index is 0.00540. The fourth-order valence-electron chi connectivity index (χ4n) is 2.74. The number of benzene rings is 1. The summed E-state index contributed by atoms with van der Waals surface area (Å²) in [6, 6.07) is 5.33. The van der Waals surface area contributed by atoms with E-state index in [2.05, 4.69) is 9.71 Å². The number of anilines is 1. The molecule has 1 aliphatic heterocycles. The number of aromatic nitrogens is 1. The fraction of sp³-hybridized carbons (Fsp3) is 0.250. The van der Waals surface area contributed by atoms with Crippen LogP contribution in [0.5, 0.6) is 0 Å². The summed E-state index contributed by atoms with van der Waals surface area (Å²) in [5.41, 5.74) is 5.56. The Labute approximate surface area is 155 Å². The average Bonchev–Trinajstić information content (AvgIpc) is 3.27. The molecule has 1 aromatic heterocycles. The highest BCUT2D eigenvalue weighted by Crippen LogP contribution is 2.23. The van der Waals surface area contributed by atoms with Gasteiger partial charge in [-0.15, -0.1) is 0 Å². The van der Waals surface area contributed by atoms with Crippen LogP contribution in [0.4, 0.5) is 5.69 Å². The molecule has 1 aromatic carbocycles. The highest BCUT2D eigenvalue weighted by Gasteiger charge is 2.24. The molecule has 0 unspecified atom stereocenters. The molecule has 26 heavy (non-hydrogen) atoms. The number of nitrogens with zero attached hydrogens (tertiary/aromatic N) is 1. The predicted molar refractivity (Wildman–Crippen MR) is 96.7 cm³/mol. The van der Waals surface area contributed by atoms with E-state index < -0.39 is 15.9 Å². The molecule has 2 heterocycles. The Hall–Kier alpha value is -2.52. The smallest absolute Gasteiger partial charge is 0.270 e. The van der Waals surface area contributed by atoms with Crippen LogP contribution in [0.15, 0.2) is 35.4 Å². The molecule has 0 saturated carbocycles. The van der Waals surface area contributed by atoms with Gasteiger partial charge >= 0.3 is 0 Å². The molecule has 1 fully saturated rings. The Bertz CT molecular complexity index is 964. The number of nitrogens with one attached hydrogen (secondary N) is 2. The largest absolute Gasteiger partial charge is 0.366 e. The van der Waals surface area contributed by atoms with E-state index in [1.165, 1.54) is 30.5 Å². The van der Waals surface area contributed by atoms with Crippen molar-refractivity contribution in [2.75, 3.05) is 17.8 Å². The van der Waals surface area contributed by atoms with Gasteiger partial charge in [-0.05, 0) is 37.1 Å². The highest BCUT2D eigenvalue weighted by molar-refractivity contribution is 7.92. The number of primary amides is 1. The number of hydrogen-bond donors (Lipinski definition) is 3. The summed E-state index contributed by atoms with van der Waals surface area (Å²) in [5.74, 6) is -0.998. The summed E-state index contributed by atoms with van der Waals surface area (Å²) in [5, 5.41) is 0.126. The summed E-state index contributed by atoms with van der Waals surface area (Å²) >= 11 is 5.85. The monoisotopic (exact) mass is 396 g/mol. The van der Waals surface area contributed by atoms with Gasteiger partial charge in [0.2, 0.25) is 5.91 Å². The fourth-order valence-corrected chi connectivity index (χ4v) is 3.99. The van der Waals surface area contributed by atoms with Crippen LogP contribution in [0, 0.1) is 0 Å². The first-order chi connectivity index (χ1) is 12.3. The Morgan fingerprint density at radius 3 is 2.54 bits per heavy atom. The first-order valence-corrected chi connectivity index (χ1v) is 9.74. The number of hydrogen-bond acceptors (Lipinski definition) is 4. The van der Waals surface area contributed by atoms with Crippen molar-refractivity contribution in [1.82, 2.24) is 9.88 Å². The number of halogens is 1. The second-order valence-corrected chi connectivity index (χ2v) is 8.00. The number of carbonyl (C=O) groups is 2. The third-order valence-corrected chi connectivity index (χ3v) is 5.76. The zero-order chi connectivity index (χ0) is 18.9. The van der Waals surface area contributed by atoms with Crippen molar-refractivity contribution >= 4 is 39.1 Å². The molecular formula is C16H17ClN4O4S.